The van der Waals surface area contributed by atoms with Crippen molar-refractivity contribution in [2.75, 3.05) is 7.05 Å². The van der Waals surface area contributed by atoms with Gasteiger partial charge in [-0.1, -0.05) is 17.3 Å². The van der Waals surface area contributed by atoms with Crippen LogP contribution >= 0.6 is 0 Å². The highest BCUT2D eigenvalue weighted by Gasteiger charge is 2.37. The van der Waals surface area contributed by atoms with Crippen LogP contribution in [0.5, 0.6) is 5.75 Å². The molecule has 0 fully saturated rings. The molecular formula is C16H20BN5O6. The molecule has 1 aliphatic rings. The lowest BCUT2D eigenvalue weighted by molar-refractivity contribution is -0.122. The van der Waals surface area contributed by atoms with E-state index in [1.54, 1.807) is 19.2 Å². The number of nitrogens with zero attached hydrogens (tertiary/aromatic N) is 3. The average Bonchev–Trinajstić information content (AvgIpc) is 3.03. The number of aliphatic hydroxyl groups is 1. The third kappa shape index (κ3) is 3.98. The molecule has 28 heavy (non-hydrogen) atoms. The standard InChI is InChI=1S/C16H20BN5O6/c1-18-6-12-11(8-23)20-21-22(12)7-14(24)19-13-5-9-3-2-4-10(16(25)26)15(9)28-17(13)27/h2-4,13,18,23,27H,5-8H2,1H3,(H,19,24)(H,25,26). The maximum Gasteiger partial charge on any atom is 0.547 e. The number of carbonyl (C=O) groups is 2. The highest BCUT2D eigenvalue weighted by Crippen LogP contribution is 2.30. The van der Waals surface area contributed by atoms with Gasteiger partial charge in [-0.25, -0.2) is 9.48 Å². The van der Waals surface area contributed by atoms with Crippen LogP contribution in [-0.2, 0) is 30.9 Å². The summed E-state index contributed by atoms with van der Waals surface area (Å²) in [4.78, 5) is 23.7. The summed E-state index contributed by atoms with van der Waals surface area (Å²) in [5.74, 6) is -2.24. The van der Waals surface area contributed by atoms with E-state index in [0.29, 0.717) is 23.5 Å². The molecule has 1 unspecified atom stereocenters. The second-order valence-electron chi connectivity index (χ2n) is 6.31. The molecule has 0 bridgehead atoms. The minimum atomic E-state index is -1.39. The predicted octanol–water partition coefficient (Wildman–Crippen LogP) is -1.67. The molecule has 3 rings (SSSR count). The third-order valence-electron chi connectivity index (χ3n) is 4.40. The summed E-state index contributed by atoms with van der Waals surface area (Å²) < 4.78 is 6.72. The SMILES string of the molecule is CNCc1c(CO)nnn1CC(=O)NC1Cc2cccc(C(=O)O)c2OB1O. The summed E-state index contributed by atoms with van der Waals surface area (Å²) in [5.41, 5.74) is 1.49. The zero-order valence-electron chi connectivity index (χ0n) is 15.1. The van der Waals surface area contributed by atoms with Gasteiger partial charge in [0, 0.05) is 6.54 Å². The number of hydrogen-bond acceptors (Lipinski definition) is 8. The smallest absolute Gasteiger partial charge is 0.534 e. The van der Waals surface area contributed by atoms with Crippen LogP contribution in [0.25, 0.3) is 0 Å². The molecule has 1 aliphatic heterocycles. The van der Waals surface area contributed by atoms with Crippen LogP contribution in [0.15, 0.2) is 18.2 Å². The van der Waals surface area contributed by atoms with Crippen LogP contribution in [0, 0.1) is 0 Å². The van der Waals surface area contributed by atoms with Gasteiger partial charge in [-0.15, -0.1) is 5.10 Å². The minimum Gasteiger partial charge on any atom is -0.534 e. The molecule has 1 amide bonds. The Bertz CT molecular complexity index is 888. The van der Waals surface area contributed by atoms with Gasteiger partial charge in [0.2, 0.25) is 5.91 Å². The number of hydrogen-bond donors (Lipinski definition) is 5. The number of nitrogens with one attached hydrogen (secondary N) is 2. The number of carboxylic acid groups (broad SMARTS) is 1. The molecule has 12 heteroatoms. The maximum absolute atomic E-state index is 12.4. The lowest BCUT2D eigenvalue weighted by Crippen LogP contribution is -2.53. The first-order valence-electron chi connectivity index (χ1n) is 8.60. The highest BCUT2D eigenvalue weighted by atomic mass is 16.5. The van der Waals surface area contributed by atoms with Crippen molar-refractivity contribution in [3.8, 4) is 5.75 Å². The van der Waals surface area contributed by atoms with Gasteiger partial charge in [0.15, 0.2) is 0 Å². The summed E-state index contributed by atoms with van der Waals surface area (Å²) in [6.45, 7) is -0.0809. The molecule has 5 N–H and O–H groups in total. The van der Waals surface area contributed by atoms with Gasteiger partial charge >= 0.3 is 13.1 Å². The zero-order valence-corrected chi connectivity index (χ0v) is 15.1. The van der Waals surface area contributed by atoms with Crippen LogP contribution in [0.3, 0.4) is 0 Å². The Hall–Kier alpha value is -2.96. The van der Waals surface area contributed by atoms with Crippen LogP contribution < -0.4 is 15.3 Å². The first-order valence-corrected chi connectivity index (χ1v) is 8.60. The maximum atomic E-state index is 12.4. The Morgan fingerprint density at radius 1 is 1.43 bits per heavy atom. The van der Waals surface area contributed by atoms with Crippen molar-refractivity contribution in [2.24, 2.45) is 0 Å². The number of benzene rings is 1. The number of aromatic nitrogens is 3. The fourth-order valence-electron chi connectivity index (χ4n) is 3.08. The molecule has 1 aromatic heterocycles. The Balaban J connectivity index is 1.71. The monoisotopic (exact) mass is 389 g/mol. The van der Waals surface area contributed by atoms with E-state index in [0.717, 1.165) is 0 Å². The van der Waals surface area contributed by atoms with Crippen molar-refractivity contribution in [1.82, 2.24) is 25.6 Å². The number of carboxylic acids is 1. The number of para-hydroxylation sites is 1. The van der Waals surface area contributed by atoms with Crippen LogP contribution in [0.2, 0.25) is 0 Å². The molecule has 0 spiro atoms. The molecule has 2 aromatic rings. The first-order chi connectivity index (χ1) is 13.4. The van der Waals surface area contributed by atoms with Gasteiger partial charge < -0.3 is 30.5 Å². The molecule has 2 heterocycles. The lowest BCUT2D eigenvalue weighted by atomic mass is 9.72. The number of fused-ring (bicyclic) bond motifs is 1. The van der Waals surface area contributed by atoms with Crippen molar-refractivity contribution in [3.05, 3.63) is 40.7 Å². The Morgan fingerprint density at radius 3 is 2.89 bits per heavy atom. The zero-order chi connectivity index (χ0) is 20.3. The molecule has 148 valence electrons. The summed E-state index contributed by atoms with van der Waals surface area (Å²) in [7, 11) is 0.328. The van der Waals surface area contributed by atoms with Gasteiger partial charge in [-0.3, -0.25) is 4.79 Å². The van der Waals surface area contributed by atoms with Crippen LogP contribution in [0.1, 0.15) is 27.3 Å². The molecule has 0 radical (unpaired) electrons. The summed E-state index contributed by atoms with van der Waals surface area (Å²) >= 11 is 0. The van der Waals surface area contributed by atoms with Gasteiger partial charge in [-0.05, 0) is 25.1 Å². The lowest BCUT2D eigenvalue weighted by Gasteiger charge is -2.28. The van der Waals surface area contributed by atoms with E-state index >= 15 is 0 Å². The number of amides is 1. The molecule has 0 aliphatic carbocycles. The molecule has 1 atom stereocenters. The topological polar surface area (TPSA) is 159 Å². The second kappa shape index (κ2) is 8.38. The molecule has 1 aromatic carbocycles. The number of rotatable bonds is 7. The minimum absolute atomic E-state index is 0.0443. The summed E-state index contributed by atoms with van der Waals surface area (Å²) in [6, 6.07) is 4.65. The van der Waals surface area contributed by atoms with E-state index in [4.69, 9.17) is 4.65 Å². The fourth-order valence-corrected chi connectivity index (χ4v) is 3.08. The van der Waals surface area contributed by atoms with Crippen molar-refractivity contribution in [3.63, 3.8) is 0 Å². The molecule has 0 saturated heterocycles. The van der Waals surface area contributed by atoms with Gasteiger partial charge in [0.25, 0.3) is 0 Å². The predicted molar refractivity (Wildman–Crippen MR) is 96.3 cm³/mol. The largest absolute Gasteiger partial charge is 0.547 e. The van der Waals surface area contributed by atoms with Crippen molar-refractivity contribution < 1.29 is 29.5 Å². The van der Waals surface area contributed by atoms with E-state index < -0.39 is 24.9 Å². The Morgan fingerprint density at radius 2 is 2.21 bits per heavy atom. The van der Waals surface area contributed by atoms with Crippen molar-refractivity contribution in [2.45, 2.75) is 32.1 Å². The summed E-state index contributed by atoms with van der Waals surface area (Å²) in [6.07, 6.45) is 0.214. The van der Waals surface area contributed by atoms with Crippen molar-refractivity contribution in [1.29, 1.82) is 0 Å². The van der Waals surface area contributed by atoms with E-state index in [9.17, 15) is 24.8 Å². The quantitative estimate of drug-likeness (QED) is 0.349. The Labute approximate surface area is 160 Å². The van der Waals surface area contributed by atoms with E-state index in [1.165, 1.54) is 10.7 Å². The van der Waals surface area contributed by atoms with Crippen LogP contribution in [0.4, 0.5) is 0 Å². The van der Waals surface area contributed by atoms with Gasteiger partial charge in [-0.2, -0.15) is 0 Å². The van der Waals surface area contributed by atoms with Crippen LogP contribution in [-0.4, -0.2) is 62.2 Å². The van der Waals surface area contributed by atoms with E-state index in [2.05, 4.69) is 20.9 Å². The Kier molecular flexibility index (Phi) is 5.92. The van der Waals surface area contributed by atoms with Crippen molar-refractivity contribution >= 4 is 19.0 Å². The van der Waals surface area contributed by atoms with Gasteiger partial charge in [0.05, 0.1) is 23.8 Å². The number of aliphatic hydroxyl groups excluding tert-OH is 1. The average molecular weight is 389 g/mol. The fraction of sp³-hybridized carbons (Fsp3) is 0.375. The van der Waals surface area contributed by atoms with Gasteiger partial charge in [0.1, 0.15) is 18.0 Å². The number of aromatic carboxylic acids is 1. The highest BCUT2D eigenvalue weighted by molar-refractivity contribution is 6.47. The summed E-state index contributed by atoms with van der Waals surface area (Å²) in [5, 5.41) is 42.0. The van der Waals surface area contributed by atoms with E-state index in [1.807, 2.05) is 0 Å². The second-order valence-corrected chi connectivity index (χ2v) is 6.31. The molecular weight excluding hydrogens is 369 g/mol. The third-order valence-corrected chi connectivity index (χ3v) is 4.40. The van der Waals surface area contributed by atoms with E-state index in [-0.39, 0.29) is 30.9 Å². The first kappa shape index (κ1) is 19.8. The normalized spacial score (nSPS) is 15.7. The molecule has 0 saturated carbocycles. The molecule has 11 nitrogen and oxygen atoms in total. The number of carbonyl (C=O) groups excluding carboxylic acids is 1.